The zero-order valence-electron chi connectivity index (χ0n) is 48.6. The number of rotatable bonds is 0. The van der Waals surface area contributed by atoms with Crippen LogP contribution in [0.3, 0.4) is 0 Å². The first-order valence-corrected chi connectivity index (χ1v) is 27.8. The van der Waals surface area contributed by atoms with E-state index >= 15 is 0 Å². The molecule has 0 saturated heterocycles. The summed E-state index contributed by atoms with van der Waals surface area (Å²) < 4.78 is 0. The Morgan fingerprint density at radius 3 is 0.652 bits per heavy atom. The van der Waals surface area contributed by atoms with Crippen molar-refractivity contribution in [2.75, 3.05) is 0 Å². The van der Waals surface area contributed by atoms with Crippen LogP contribution in [0.25, 0.3) is 0 Å². The Morgan fingerprint density at radius 2 is 0.545 bits per heavy atom. The van der Waals surface area contributed by atoms with Gasteiger partial charge < -0.3 is 0 Å². The summed E-state index contributed by atoms with van der Waals surface area (Å²) in [5.74, 6) is 0. The quantitative estimate of drug-likeness (QED) is 0.213. The summed E-state index contributed by atoms with van der Waals surface area (Å²) in [6, 6.07) is 0. The first-order valence-electron chi connectivity index (χ1n) is 27.8. The molecule has 0 radical (unpaired) electrons. The van der Waals surface area contributed by atoms with Gasteiger partial charge in [0, 0.05) is 10.8 Å². The van der Waals surface area contributed by atoms with E-state index in [1.807, 2.05) is 0 Å². The van der Waals surface area contributed by atoms with Gasteiger partial charge in [-0.05, 0) is 146 Å². The maximum absolute atomic E-state index is 2.38. The van der Waals surface area contributed by atoms with E-state index in [1.54, 1.807) is 0 Å². The minimum atomic E-state index is 0.333. The van der Waals surface area contributed by atoms with Crippen molar-refractivity contribution in [3.63, 3.8) is 0 Å². The van der Waals surface area contributed by atoms with Crippen LogP contribution in [0.15, 0.2) is 85.1 Å². The molecule has 0 aromatic heterocycles. The van der Waals surface area contributed by atoms with Crippen molar-refractivity contribution in [2.45, 2.75) is 280 Å². The average Bonchev–Trinajstić information content (AvgIpc) is 3.64. The molecule has 0 aliphatic heterocycles. The molecule has 0 nitrogen and oxygen atoms in total. The van der Waals surface area contributed by atoms with E-state index in [1.165, 1.54) is 141 Å². The third kappa shape index (κ3) is 36.2. The maximum Gasteiger partial charge on any atom is 0.00106 e. The standard InChI is InChI=1S/C8H16.C8H14.C7H14.2C7H12.C7H10.C6H12.C6H10.C5H10.C5H8/c2*1-8(2)6-4-3-5-7-8;4*1-7(2)5-3-4-6-7;2*1-6(2)4-3-5-6;2*1-5(2)3-4-5/h3-7H2,1-2H3;4,6H,3,5,7H2,1-2H3;3-6H2,1-2H3;3,5H,4,6H2,1-2H3;3-4H,5-6H2,1-2H3;3-6H,1-2H3;3-5H2,1-2H3;3-4H,5H2,1-2H3;3-4H2,1-2H3;3-4H,1-2H3. The molecule has 10 aliphatic rings. The van der Waals surface area contributed by atoms with Crippen LogP contribution < -0.4 is 0 Å². The summed E-state index contributed by atoms with van der Waals surface area (Å²) in [6.07, 6.45) is 62.0. The second-order valence-corrected chi connectivity index (χ2v) is 29.3. The Labute approximate surface area is 417 Å². The summed E-state index contributed by atoms with van der Waals surface area (Å²) in [7, 11) is 0. The van der Waals surface area contributed by atoms with E-state index in [0.29, 0.717) is 43.3 Å². The molecule has 0 unspecified atom stereocenters. The molecule has 66 heavy (non-hydrogen) atoms. The second-order valence-electron chi connectivity index (χ2n) is 29.3. The molecule has 10 aliphatic carbocycles. The average molecular weight is 912 g/mol. The van der Waals surface area contributed by atoms with Crippen LogP contribution in [-0.4, -0.2) is 0 Å². The van der Waals surface area contributed by atoms with Gasteiger partial charge in [0.1, 0.15) is 0 Å². The molecule has 4 saturated carbocycles. The van der Waals surface area contributed by atoms with E-state index < -0.39 is 0 Å². The second kappa shape index (κ2) is 27.5. The molecular formula is C66H118. The third-order valence-electron chi connectivity index (χ3n) is 15.1. The first-order chi connectivity index (χ1) is 30.1. The van der Waals surface area contributed by atoms with E-state index in [-0.39, 0.29) is 0 Å². The predicted molar refractivity (Wildman–Crippen MR) is 303 cm³/mol. The molecule has 0 N–H and O–H groups in total. The molecule has 0 atom stereocenters. The van der Waals surface area contributed by atoms with Crippen LogP contribution in [0.1, 0.15) is 280 Å². The normalized spacial score (nSPS) is 26.8. The Kier molecular flexibility index (Phi) is 26.0. The lowest BCUT2D eigenvalue weighted by Crippen LogP contribution is -2.20. The Morgan fingerprint density at radius 1 is 0.227 bits per heavy atom. The smallest absolute Gasteiger partial charge is 0.00106 e. The van der Waals surface area contributed by atoms with E-state index in [4.69, 9.17) is 0 Å². The summed E-state index contributed by atoms with van der Waals surface area (Å²) in [6.45, 7) is 45.7. The molecular weight excluding hydrogens is 793 g/mol. The molecule has 382 valence electrons. The van der Waals surface area contributed by atoms with Gasteiger partial charge in [-0.3, -0.25) is 0 Å². The fourth-order valence-electron chi connectivity index (χ4n) is 8.38. The predicted octanol–water partition coefficient (Wildman–Crippen LogP) is 22.7. The van der Waals surface area contributed by atoms with Gasteiger partial charge in [0.15, 0.2) is 0 Å². The topological polar surface area (TPSA) is 0 Å². The Bertz CT molecular complexity index is 1480. The minimum Gasteiger partial charge on any atom is -0.0880 e. The SMILES string of the molecule is CC1(C)C=C1.CC1(C)C=CC1.CC1(C)C=CC=C1.CC1(C)C=CCC1.CC1(C)C=CCCC1.CC1(C)CC1.CC1(C)CC=CC1.CC1(C)CCC1.CC1(C)CCCC1.CC1(C)CCCCC1. The first kappa shape index (κ1) is 62.2. The lowest BCUT2D eigenvalue weighted by Gasteiger charge is -2.33. The highest BCUT2D eigenvalue weighted by Gasteiger charge is 2.30. The lowest BCUT2D eigenvalue weighted by atomic mass is 9.72. The molecule has 0 spiro atoms. The number of hydrogen-bond acceptors (Lipinski definition) is 0. The van der Waals surface area contributed by atoms with Crippen molar-refractivity contribution in [1.82, 2.24) is 0 Å². The molecule has 0 aromatic carbocycles. The van der Waals surface area contributed by atoms with Gasteiger partial charge in [0.05, 0.1) is 0 Å². The zero-order chi connectivity index (χ0) is 50.5. The van der Waals surface area contributed by atoms with Gasteiger partial charge in [-0.25, -0.2) is 0 Å². The summed E-state index contributed by atoms with van der Waals surface area (Å²) in [5, 5.41) is 0. The van der Waals surface area contributed by atoms with Gasteiger partial charge in [0.25, 0.3) is 0 Å². The number of allylic oxidation sites excluding steroid dienone is 14. The van der Waals surface area contributed by atoms with Crippen LogP contribution in [0.4, 0.5) is 0 Å². The maximum atomic E-state index is 2.38. The van der Waals surface area contributed by atoms with Crippen LogP contribution in [-0.2, 0) is 0 Å². The molecule has 0 heterocycles. The van der Waals surface area contributed by atoms with Gasteiger partial charge in [0.2, 0.25) is 0 Å². The van der Waals surface area contributed by atoms with Crippen molar-refractivity contribution in [1.29, 1.82) is 0 Å². The van der Waals surface area contributed by atoms with E-state index in [2.05, 4.69) is 224 Å². The largest absolute Gasteiger partial charge is 0.0880 e. The fraction of sp³-hybridized carbons (Fsp3) is 0.788. The van der Waals surface area contributed by atoms with Crippen molar-refractivity contribution in [3.8, 4) is 0 Å². The van der Waals surface area contributed by atoms with Crippen LogP contribution in [0, 0.1) is 54.1 Å². The van der Waals surface area contributed by atoms with Gasteiger partial charge >= 0.3 is 0 Å². The Hall–Kier alpha value is -1.82. The highest BCUT2D eigenvalue weighted by molar-refractivity contribution is 5.22. The minimum absolute atomic E-state index is 0.333. The Balaban J connectivity index is 0.000000368. The molecule has 0 bridgehead atoms. The van der Waals surface area contributed by atoms with E-state index in [0.717, 1.165) is 10.8 Å². The summed E-state index contributed by atoms with van der Waals surface area (Å²) >= 11 is 0. The third-order valence-corrected chi connectivity index (χ3v) is 15.1. The lowest BCUT2D eigenvalue weighted by molar-refractivity contribution is 0.190. The molecule has 0 heteroatoms. The summed E-state index contributed by atoms with van der Waals surface area (Å²) in [5.41, 5.74) is 5.82. The van der Waals surface area contributed by atoms with Crippen molar-refractivity contribution in [3.05, 3.63) is 85.1 Å². The van der Waals surface area contributed by atoms with Crippen LogP contribution in [0.2, 0.25) is 0 Å². The van der Waals surface area contributed by atoms with Crippen LogP contribution in [0.5, 0.6) is 0 Å². The monoisotopic (exact) mass is 911 g/mol. The molecule has 10 rings (SSSR count). The van der Waals surface area contributed by atoms with Crippen molar-refractivity contribution >= 4 is 0 Å². The highest BCUT2D eigenvalue weighted by atomic mass is 14.4. The van der Waals surface area contributed by atoms with Gasteiger partial charge in [-0.15, -0.1) is 0 Å². The van der Waals surface area contributed by atoms with Crippen molar-refractivity contribution in [2.24, 2.45) is 54.1 Å². The molecule has 0 amide bonds. The fourth-order valence-corrected chi connectivity index (χ4v) is 8.38. The number of hydrogen-bond donors (Lipinski definition) is 0. The van der Waals surface area contributed by atoms with Gasteiger partial charge in [-0.1, -0.05) is 262 Å². The molecule has 4 fully saturated rings. The van der Waals surface area contributed by atoms with E-state index in [9.17, 15) is 0 Å². The summed E-state index contributed by atoms with van der Waals surface area (Å²) in [4.78, 5) is 0. The van der Waals surface area contributed by atoms with Crippen LogP contribution >= 0.6 is 0 Å². The molecule has 0 aromatic rings. The van der Waals surface area contributed by atoms with Gasteiger partial charge in [-0.2, -0.15) is 0 Å². The zero-order valence-corrected chi connectivity index (χ0v) is 48.6. The van der Waals surface area contributed by atoms with Crippen molar-refractivity contribution < 1.29 is 0 Å². The highest BCUT2D eigenvalue weighted by Crippen LogP contribution is 2.44.